The molecule has 0 aliphatic rings. The van der Waals surface area contributed by atoms with E-state index in [4.69, 9.17) is 40.5 Å². The number of hydrogen-bond acceptors (Lipinski definition) is 4. The van der Waals surface area contributed by atoms with Crippen LogP contribution in [0.25, 0.3) is 0 Å². The second kappa shape index (κ2) is 6.62. The lowest BCUT2D eigenvalue weighted by molar-refractivity contribution is -0.379. The number of nitrogens with one attached hydrogen (secondary N) is 2. The van der Waals surface area contributed by atoms with Crippen LogP contribution in [-0.4, -0.2) is 12.1 Å². The maximum absolute atomic E-state index is 12.0. The van der Waals surface area contributed by atoms with Gasteiger partial charge in [-0.1, -0.05) is 23.2 Å². The average molecular weight is 365 g/mol. The van der Waals surface area contributed by atoms with Gasteiger partial charge in [-0.25, -0.2) is 5.43 Å². The number of thiophene rings is 1. The van der Waals surface area contributed by atoms with Crippen molar-refractivity contribution in [1.29, 1.82) is 0 Å². The molecule has 2 rings (SSSR count). The number of aryl methyl sites for hydroxylation is 1. The minimum absolute atomic E-state index is 0.0101. The van der Waals surface area contributed by atoms with Gasteiger partial charge in [-0.15, -0.1) is 11.3 Å². The standard InChI is InChI=1S/C12H9Cl3N4OS/c1-5-2-3-6(21-5)4-17-19-12(20)10-7(13)9(16)8(14)11(15)18-10/h2-4H,1H3,(H2,16,18)(H,19,20)/p+1/b17-4-. The summed E-state index contributed by atoms with van der Waals surface area (Å²) in [6.07, 6.45) is 1.53. The maximum Gasteiger partial charge on any atom is 0.337 e. The molecule has 0 bridgehead atoms. The van der Waals surface area contributed by atoms with E-state index >= 15 is 0 Å². The Kier molecular flexibility index (Phi) is 5.05. The van der Waals surface area contributed by atoms with Crippen molar-refractivity contribution in [2.45, 2.75) is 6.92 Å². The molecule has 0 atom stereocenters. The zero-order valence-electron chi connectivity index (χ0n) is 10.7. The number of carbonyl (C=O) groups is 1. The van der Waals surface area contributed by atoms with E-state index in [-0.39, 0.29) is 26.6 Å². The lowest BCUT2D eigenvalue weighted by Crippen LogP contribution is -2.28. The van der Waals surface area contributed by atoms with E-state index in [1.54, 1.807) is 11.3 Å². The third kappa shape index (κ3) is 3.65. The minimum Gasteiger partial charge on any atom is -0.396 e. The first-order valence-electron chi connectivity index (χ1n) is 5.65. The summed E-state index contributed by atoms with van der Waals surface area (Å²) in [4.78, 5) is 16.6. The molecule has 0 spiro atoms. The number of hydrogen-bond donors (Lipinski definition) is 2. The van der Waals surface area contributed by atoms with Crippen LogP contribution in [0, 0.1) is 6.92 Å². The molecule has 2 aromatic rings. The van der Waals surface area contributed by atoms with Crippen LogP contribution in [0.5, 0.6) is 0 Å². The van der Waals surface area contributed by atoms with Crippen molar-refractivity contribution in [3.05, 3.63) is 42.8 Å². The summed E-state index contributed by atoms with van der Waals surface area (Å²) < 4.78 is 0. The van der Waals surface area contributed by atoms with Crippen LogP contribution in [-0.2, 0) is 0 Å². The van der Waals surface area contributed by atoms with Crippen molar-refractivity contribution < 1.29 is 9.78 Å². The number of carbonyl (C=O) groups excluding carboxylic acids is 1. The zero-order chi connectivity index (χ0) is 15.6. The van der Waals surface area contributed by atoms with Crippen LogP contribution in [0.4, 0.5) is 5.69 Å². The summed E-state index contributed by atoms with van der Waals surface area (Å²) >= 11 is 19.1. The third-order valence-electron chi connectivity index (χ3n) is 2.47. The predicted octanol–water partition coefficient (Wildman–Crippen LogP) is 3.18. The van der Waals surface area contributed by atoms with Gasteiger partial charge in [0, 0.05) is 9.75 Å². The van der Waals surface area contributed by atoms with Crippen LogP contribution in [0.15, 0.2) is 17.2 Å². The number of anilines is 1. The van der Waals surface area contributed by atoms with Crippen molar-refractivity contribution in [2.24, 2.45) is 5.10 Å². The van der Waals surface area contributed by atoms with Gasteiger partial charge in [0.15, 0.2) is 0 Å². The SMILES string of the molecule is Cc1ccc(/C=N\NC(=O)c2[nH+]c(Cl)c(Cl)c(N)c2Cl)s1. The molecule has 1 amide bonds. The Morgan fingerprint density at radius 2 is 2.10 bits per heavy atom. The first kappa shape index (κ1) is 16.0. The highest BCUT2D eigenvalue weighted by Crippen LogP contribution is 2.31. The monoisotopic (exact) mass is 363 g/mol. The van der Waals surface area contributed by atoms with Crippen molar-refractivity contribution in [3.63, 3.8) is 0 Å². The van der Waals surface area contributed by atoms with Gasteiger partial charge in [0.05, 0.1) is 11.9 Å². The molecule has 110 valence electrons. The molecule has 0 saturated carbocycles. The smallest absolute Gasteiger partial charge is 0.337 e. The van der Waals surface area contributed by atoms with Gasteiger partial charge in [-0.3, -0.25) is 4.79 Å². The zero-order valence-corrected chi connectivity index (χ0v) is 13.8. The second-order valence-corrected chi connectivity index (χ2v) is 6.46. The molecule has 2 aromatic heterocycles. The van der Waals surface area contributed by atoms with E-state index < -0.39 is 5.91 Å². The lowest BCUT2D eigenvalue weighted by Gasteiger charge is -2.02. The fourth-order valence-electron chi connectivity index (χ4n) is 1.46. The van der Waals surface area contributed by atoms with Crippen molar-refractivity contribution in [1.82, 2.24) is 5.43 Å². The minimum atomic E-state index is -0.574. The van der Waals surface area contributed by atoms with Gasteiger partial charge in [0.1, 0.15) is 10.0 Å². The first-order chi connectivity index (χ1) is 9.90. The van der Waals surface area contributed by atoms with Gasteiger partial charge >= 0.3 is 5.91 Å². The van der Waals surface area contributed by atoms with E-state index in [1.807, 2.05) is 19.1 Å². The number of aromatic amines is 1. The molecule has 5 nitrogen and oxygen atoms in total. The Morgan fingerprint density at radius 3 is 2.71 bits per heavy atom. The van der Waals surface area contributed by atoms with E-state index in [2.05, 4.69) is 15.5 Å². The molecule has 0 aliphatic carbocycles. The Bertz CT molecular complexity index is 730. The number of pyridine rings is 1. The fourth-order valence-corrected chi connectivity index (χ4v) is 2.82. The van der Waals surface area contributed by atoms with Crippen LogP contribution < -0.4 is 16.1 Å². The Hall–Kier alpha value is -1.34. The van der Waals surface area contributed by atoms with Crippen molar-refractivity contribution in [3.8, 4) is 0 Å². The summed E-state index contributed by atoms with van der Waals surface area (Å²) in [5.74, 6) is -0.574. The quantitative estimate of drug-likeness (QED) is 0.498. The predicted molar refractivity (Wildman–Crippen MR) is 86.6 cm³/mol. The molecule has 2 heterocycles. The lowest BCUT2D eigenvalue weighted by atomic mass is 10.3. The highest BCUT2D eigenvalue weighted by molar-refractivity contribution is 7.13. The molecule has 0 aromatic carbocycles. The van der Waals surface area contributed by atoms with E-state index in [9.17, 15) is 4.79 Å². The highest BCUT2D eigenvalue weighted by atomic mass is 35.5. The molecular weight excluding hydrogens is 355 g/mol. The Morgan fingerprint density at radius 1 is 1.38 bits per heavy atom. The van der Waals surface area contributed by atoms with Gasteiger partial charge in [-0.2, -0.15) is 10.1 Å². The Balaban J connectivity index is 2.16. The average Bonchev–Trinajstić information content (AvgIpc) is 2.86. The fraction of sp³-hybridized carbons (Fsp3) is 0.0833. The molecule has 9 heteroatoms. The Labute approximate surface area is 139 Å². The van der Waals surface area contributed by atoms with Gasteiger partial charge in [0.25, 0.3) is 10.8 Å². The molecule has 0 saturated heterocycles. The summed E-state index contributed by atoms with van der Waals surface area (Å²) in [7, 11) is 0. The van der Waals surface area contributed by atoms with Crippen molar-refractivity contribution >= 4 is 63.9 Å². The number of hydrazone groups is 1. The summed E-state index contributed by atoms with van der Waals surface area (Å²) in [5.41, 5.74) is 8.02. The topological polar surface area (TPSA) is 81.6 Å². The molecule has 4 N–H and O–H groups in total. The van der Waals surface area contributed by atoms with Crippen LogP contribution >= 0.6 is 46.1 Å². The summed E-state index contributed by atoms with van der Waals surface area (Å²) in [6, 6.07) is 3.85. The van der Waals surface area contributed by atoms with E-state index in [1.165, 1.54) is 6.21 Å². The number of nitrogens with zero attached hydrogens (tertiary/aromatic N) is 1. The number of H-pyrrole nitrogens is 1. The number of nitrogen functional groups attached to an aromatic ring is 1. The van der Waals surface area contributed by atoms with E-state index in [0.717, 1.165) is 9.75 Å². The molecular formula is C12H10Cl3N4OS+. The van der Waals surface area contributed by atoms with Crippen molar-refractivity contribution in [2.75, 3.05) is 5.73 Å². The number of amides is 1. The van der Waals surface area contributed by atoms with E-state index in [0.29, 0.717) is 0 Å². The maximum atomic E-state index is 12.0. The highest BCUT2D eigenvalue weighted by Gasteiger charge is 2.25. The summed E-state index contributed by atoms with van der Waals surface area (Å²) in [6.45, 7) is 1.98. The number of halogens is 3. The van der Waals surface area contributed by atoms with Gasteiger partial charge in [-0.05, 0) is 30.7 Å². The number of aromatic nitrogens is 1. The molecule has 0 unspecified atom stereocenters. The largest absolute Gasteiger partial charge is 0.396 e. The molecule has 0 radical (unpaired) electrons. The molecule has 21 heavy (non-hydrogen) atoms. The van der Waals surface area contributed by atoms with Gasteiger partial charge in [0.2, 0.25) is 0 Å². The van der Waals surface area contributed by atoms with Crippen LogP contribution in [0.1, 0.15) is 20.2 Å². The van der Waals surface area contributed by atoms with Gasteiger partial charge < -0.3 is 5.73 Å². The molecule has 0 fully saturated rings. The third-order valence-corrected chi connectivity index (χ3v) is 4.57. The molecule has 0 aliphatic heterocycles. The summed E-state index contributed by atoms with van der Waals surface area (Å²) in [5, 5.41) is 3.93. The van der Waals surface area contributed by atoms with Crippen LogP contribution in [0.3, 0.4) is 0 Å². The number of nitrogens with two attached hydrogens (primary N) is 1. The second-order valence-electron chi connectivity index (χ2n) is 4.00. The normalized spacial score (nSPS) is 11.0. The first-order valence-corrected chi connectivity index (χ1v) is 7.60. The number of rotatable bonds is 3. The van der Waals surface area contributed by atoms with Crippen LogP contribution in [0.2, 0.25) is 15.2 Å².